The molecule has 20 heavy (non-hydrogen) atoms. The van der Waals surface area contributed by atoms with Gasteiger partial charge in [-0.25, -0.2) is 9.59 Å². The van der Waals surface area contributed by atoms with E-state index in [-0.39, 0.29) is 0 Å². The number of hydrogen-bond donors (Lipinski definition) is 2. The second kappa shape index (κ2) is 6.33. The smallest absolute Gasteiger partial charge is 0.337 e. The zero-order chi connectivity index (χ0) is 14.4. The van der Waals surface area contributed by atoms with Crippen LogP contribution < -0.4 is 10.6 Å². The van der Waals surface area contributed by atoms with Crippen LogP contribution in [0.3, 0.4) is 0 Å². The molecule has 0 atom stereocenters. The van der Waals surface area contributed by atoms with E-state index in [0.717, 1.165) is 0 Å². The molecule has 102 valence electrons. The van der Waals surface area contributed by atoms with Crippen molar-refractivity contribution in [2.24, 2.45) is 0 Å². The molecule has 2 aromatic rings. The van der Waals surface area contributed by atoms with Crippen LogP contribution in [0.4, 0.5) is 16.2 Å². The van der Waals surface area contributed by atoms with Crippen molar-refractivity contribution in [3.8, 4) is 0 Å². The summed E-state index contributed by atoms with van der Waals surface area (Å²) in [7, 11) is 1.30. The highest BCUT2D eigenvalue weighted by atomic mass is 16.5. The normalized spacial score (nSPS) is 9.65. The topological polar surface area (TPSA) is 80.3 Å². The molecule has 1 heterocycles. The molecule has 0 bridgehead atoms. The van der Waals surface area contributed by atoms with Crippen LogP contribution in [0.5, 0.6) is 0 Å². The molecule has 0 saturated carbocycles. The quantitative estimate of drug-likeness (QED) is 0.840. The predicted molar refractivity (Wildman–Crippen MR) is 74.7 cm³/mol. The molecule has 0 saturated heterocycles. The van der Waals surface area contributed by atoms with Crippen LogP contribution in [0.15, 0.2) is 48.8 Å². The van der Waals surface area contributed by atoms with Crippen LogP contribution in [0.2, 0.25) is 0 Å². The van der Waals surface area contributed by atoms with Gasteiger partial charge in [0.25, 0.3) is 0 Å². The molecule has 2 N–H and O–H groups in total. The van der Waals surface area contributed by atoms with Gasteiger partial charge in [-0.15, -0.1) is 0 Å². The Hall–Kier alpha value is -2.89. The Morgan fingerprint density at radius 1 is 1.05 bits per heavy atom. The van der Waals surface area contributed by atoms with Crippen molar-refractivity contribution >= 4 is 23.4 Å². The minimum atomic E-state index is -0.455. The number of nitrogens with one attached hydrogen (secondary N) is 2. The molecule has 1 aromatic heterocycles. The number of hydrogen-bond acceptors (Lipinski definition) is 4. The van der Waals surface area contributed by atoms with E-state index >= 15 is 0 Å². The number of carbonyl (C=O) groups is 2. The molecule has 0 aliphatic heterocycles. The minimum Gasteiger partial charge on any atom is -0.465 e. The summed E-state index contributed by atoms with van der Waals surface area (Å²) in [5, 5.41) is 5.28. The van der Waals surface area contributed by atoms with Crippen molar-refractivity contribution in [3.05, 3.63) is 54.4 Å². The summed E-state index contributed by atoms with van der Waals surface area (Å²) in [6, 6.07) is 9.43. The van der Waals surface area contributed by atoms with Crippen LogP contribution in [-0.2, 0) is 4.74 Å². The summed E-state index contributed by atoms with van der Waals surface area (Å²) in [6.45, 7) is 0. The first kappa shape index (κ1) is 13.5. The lowest BCUT2D eigenvalue weighted by atomic mass is 10.2. The minimum absolute atomic E-state index is 0.370. The van der Waals surface area contributed by atoms with E-state index in [0.29, 0.717) is 16.9 Å². The van der Waals surface area contributed by atoms with Gasteiger partial charge >= 0.3 is 12.0 Å². The number of amides is 2. The van der Waals surface area contributed by atoms with Gasteiger partial charge in [-0.1, -0.05) is 6.07 Å². The van der Waals surface area contributed by atoms with E-state index in [9.17, 15) is 9.59 Å². The average Bonchev–Trinajstić information content (AvgIpc) is 2.47. The fourth-order valence-electron chi connectivity index (χ4n) is 1.57. The van der Waals surface area contributed by atoms with Gasteiger partial charge in [0.1, 0.15) is 0 Å². The molecule has 0 radical (unpaired) electrons. The van der Waals surface area contributed by atoms with Gasteiger partial charge in [-0.05, 0) is 30.3 Å². The largest absolute Gasteiger partial charge is 0.465 e. The molecular formula is C14H13N3O3. The van der Waals surface area contributed by atoms with Gasteiger partial charge in [0, 0.05) is 23.8 Å². The van der Waals surface area contributed by atoms with Gasteiger partial charge in [0.2, 0.25) is 0 Å². The Bertz CT molecular complexity index is 614. The Morgan fingerprint density at radius 2 is 1.75 bits per heavy atom. The van der Waals surface area contributed by atoms with Crippen molar-refractivity contribution in [3.63, 3.8) is 0 Å². The Kier molecular flexibility index (Phi) is 4.28. The Labute approximate surface area is 115 Å². The van der Waals surface area contributed by atoms with Crippen LogP contribution >= 0.6 is 0 Å². The maximum absolute atomic E-state index is 11.8. The third-order valence-corrected chi connectivity index (χ3v) is 2.48. The summed E-state index contributed by atoms with van der Waals surface area (Å²) in [4.78, 5) is 27.0. The van der Waals surface area contributed by atoms with Crippen LogP contribution in [0, 0.1) is 0 Å². The highest BCUT2D eigenvalue weighted by molar-refractivity contribution is 6.00. The first-order chi connectivity index (χ1) is 9.69. The van der Waals surface area contributed by atoms with Crippen molar-refractivity contribution in [2.75, 3.05) is 17.7 Å². The molecule has 0 aliphatic rings. The lowest BCUT2D eigenvalue weighted by molar-refractivity contribution is 0.0600. The molecule has 6 nitrogen and oxygen atoms in total. The number of anilines is 2. The molecule has 2 rings (SSSR count). The molecule has 0 spiro atoms. The highest BCUT2D eigenvalue weighted by Crippen LogP contribution is 2.12. The fraction of sp³-hybridized carbons (Fsp3) is 0.0714. The Balaban J connectivity index is 2.03. The van der Waals surface area contributed by atoms with E-state index in [4.69, 9.17) is 0 Å². The number of aromatic nitrogens is 1. The molecular weight excluding hydrogens is 258 g/mol. The van der Waals surface area contributed by atoms with E-state index in [2.05, 4.69) is 20.4 Å². The third-order valence-electron chi connectivity index (χ3n) is 2.48. The van der Waals surface area contributed by atoms with Crippen molar-refractivity contribution in [1.29, 1.82) is 0 Å². The van der Waals surface area contributed by atoms with Crippen LogP contribution in [-0.4, -0.2) is 24.1 Å². The molecule has 0 fully saturated rings. The number of methoxy groups -OCH3 is 1. The van der Waals surface area contributed by atoms with E-state index < -0.39 is 12.0 Å². The monoisotopic (exact) mass is 271 g/mol. The fourth-order valence-corrected chi connectivity index (χ4v) is 1.57. The van der Waals surface area contributed by atoms with Gasteiger partial charge in [0.05, 0.1) is 12.7 Å². The second-order valence-corrected chi connectivity index (χ2v) is 3.89. The van der Waals surface area contributed by atoms with Crippen molar-refractivity contribution in [2.45, 2.75) is 0 Å². The molecule has 6 heteroatoms. The number of benzene rings is 1. The SMILES string of the molecule is COC(=O)c1cccc(NC(=O)Nc2ccncc2)c1. The predicted octanol–water partition coefficient (Wildman–Crippen LogP) is 2.51. The summed E-state index contributed by atoms with van der Waals surface area (Å²) >= 11 is 0. The number of pyridine rings is 1. The number of nitrogens with zero attached hydrogens (tertiary/aromatic N) is 1. The van der Waals surface area contributed by atoms with Gasteiger partial charge in [-0.3, -0.25) is 4.98 Å². The van der Waals surface area contributed by atoms with E-state index in [1.807, 2.05) is 0 Å². The molecule has 2 amide bonds. The van der Waals surface area contributed by atoms with Crippen LogP contribution in [0.25, 0.3) is 0 Å². The number of urea groups is 1. The van der Waals surface area contributed by atoms with Gasteiger partial charge in [-0.2, -0.15) is 0 Å². The third kappa shape index (κ3) is 3.55. The molecule has 1 aromatic carbocycles. The Morgan fingerprint density at radius 3 is 2.45 bits per heavy atom. The van der Waals surface area contributed by atoms with Gasteiger partial charge in [0.15, 0.2) is 0 Å². The summed E-state index contributed by atoms with van der Waals surface area (Å²) in [5.74, 6) is -0.455. The molecule has 0 aliphatic carbocycles. The maximum atomic E-state index is 11.8. The number of esters is 1. The zero-order valence-corrected chi connectivity index (χ0v) is 10.8. The second-order valence-electron chi connectivity index (χ2n) is 3.89. The maximum Gasteiger partial charge on any atom is 0.337 e. The number of carbonyl (C=O) groups excluding carboxylic acids is 2. The van der Waals surface area contributed by atoms with Crippen molar-refractivity contribution in [1.82, 2.24) is 4.98 Å². The van der Waals surface area contributed by atoms with Gasteiger partial charge < -0.3 is 15.4 Å². The number of rotatable bonds is 3. The van der Waals surface area contributed by atoms with Crippen molar-refractivity contribution < 1.29 is 14.3 Å². The van der Waals surface area contributed by atoms with Crippen LogP contribution in [0.1, 0.15) is 10.4 Å². The number of ether oxygens (including phenoxy) is 1. The average molecular weight is 271 g/mol. The molecule has 0 unspecified atom stereocenters. The van der Waals surface area contributed by atoms with E-state index in [1.54, 1.807) is 42.7 Å². The first-order valence-corrected chi connectivity index (χ1v) is 5.85. The zero-order valence-electron chi connectivity index (χ0n) is 10.8. The summed E-state index contributed by atoms with van der Waals surface area (Å²) in [6.07, 6.45) is 3.15. The first-order valence-electron chi connectivity index (χ1n) is 5.85. The lowest BCUT2D eigenvalue weighted by Gasteiger charge is -2.08. The van der Waals surface area contributed by atoms with E-state index in [1.165, 1.54) is 13.2 Å². The highest BCUT2D eigenvalue weighted by Gasteiger charge is 2.07. The lowest BCUT2D eigenvalue weighted by Crippen LogP contribution is -2.19. The summed E-state index contributed by atoms with van der Waals surface area (Å²) in [5.41, 5.74) is 1.50. The summed E-state index contributed by atoms with van der Waals surface area (Å²) < 4.78 is 4.62. The standard InChI is InChI=1S/C14H13N3O3/c1-20-13(18)10-3-2-4-12(9-10)17-14(19)16-11-5-7-15-8-6-11/h2-9H,1H3,(H2,15,16,17,19).